The maximum atomic E-state index is 4.38. The third kappa shape index (κ3) is 2.62. The van der Waals surface area contributed by atoms with Crippen molar-refractivity contribution in [1.29, 1.82) is 0 Å². The lowest BCUT2D eigenvalue weighted by Crippen LogP contribution is -2.36. The van der Waals surface area contributed by atoms with Crippen LogP contribution >= 0.6 is 0 Å². The summed E-state index contributed by atoms with van der Waals surface area (Å²) in [5.41, 5.74) is 1.34. The van der Waals surface area contributed by atoms with E-state index in [9.17, 15) is 0 Å². The molecule has 0 saturated carbocycles. The van der Waals surface area contributed by atoms with Crippen LogP contribution in [0.2, 0.25) is 0 Å². The Morgan fingerprint density at radius 2 is 2.21 bits per heavy atom. The van der Waals surface area contributed by atoms with Crippen LogP contribution in [0.1, 0.15) is 18.9 Å². The highest BCUT2D eigenvalue weighted by Gasteiger charge is 2.21. The van der Waals surface area contributed by atoms with Crippen LogP contribution in [0.3, 0.4) is 0 Å². The number of hydrogen-bond acceptors (Lipinski definition) is 3. The van der Waals surface area contributed by atoms with Crippen LogP contribution in [0.25, 0.3) is 10.8 Å². The molecule has 3 heteroatoms. The molecule has 0 spiro atoms. The van der Waals surface area contributed by atoms with Crippen LogP contribution in [-0.2, 0) is 6.54 Å². The van der Waals surface area contributed by atoms with E-state index >= 15 is 0 Å². The van der Waals surface area contributed by atoms with Crippen molar-refractivity contribution >= 4 is 10.8 Å². The topological polar surface area (TPSA) is 28.2 Å². The molecule has 3 rings (SSSR count). The minimum Gasteiger partial charge on any atom is -0.315 e. The summed E-state index contributed by atoms with van der Waals surface area (Å²) in [6.07, 6.45) is 5.23. The molecule has 2 heterocycles. The normalized spacial score (nSPS) is 19.4. The minimum atomic E-state index is 0.670. The molecule has 1 fully saturated rings. The molecule has 100 valence electrons. The maximum absolute atomic E-state index is 4.38. The van der Waals surface area contributed by atoms with Crippen molar-refractivity contribution in [3.05, 3.63) is 42.2 Å². The van der Waals surface area contributed by atoms with Crippen molar-refractivity contribution in [1.82, 2.24) is 15.2 Å². The molecule has 0 bridgehead atoms. The Morgan fingerprint density at radius 3 is 3.00 bits per heavy atom. The molecular weight excluding hydrogens is 234 g/mol. The van der Waals surface area contributed by atoms with E-state index in [-0.39, 0.29) is 0 Å². The number of nitrogens with one attached hydrogen (secondary N) is 1. The number of likely N-dealkylation sites (N-methyl/N-ethyl adjacent to an activating group) is 1. The average Bonchev–Trinajstić information content (AvgIpc) is 2.99. The van der Waals surface area contributed by atoms with Gasteiger partial charge in [0.25, 0.3) is 0 Å². The standard InChI is InChI=1S/C16H21N3/c1-2-19(15-7-8-17-11-15)12-14-10-18-9-13-5-3-4-6-16(13)14/h3-6,9-10,15,17H,2,7-8,11-12H2,1H3. The highest BCUT2D eigenvalue weighted by molar-refractivity contribution is 5.84. The van der Waals surface area contributed by atoms with Crippen LogP contribution in [0.15, 0.2) is 36.7 Å². The smallest absolute Gasteiger partial charge is 0.0346 e. The Bertz CT molecular complexity index is 541. The maximum Gasteiger partial charge on any atom is 0.0346 e. The summed E-state index contributed by atoms with van der Waals surface area (Å²) in [5.74, 6) is 0. The molecule has 1 unspecified atom stereocenters. The first-order valence-corrected chi connectivity index (χ1v) is 7.15. The molecule has 1 aromatic heterocycles. The lowest BCUT2D eigenvalue weighted by molar-refractivity contribution is 0.211. The van der Waals surface area contributed by atoms with Gasteiger partial charge in [-0.3, -0.25) is 9.88 Å². The average molecular weight is 255 g/mol. The summed E-state index contributed by atoms with van der Waals surface area (Å²) in [6.45, 7) is 6.60. The SMILES string of the molecule is CCN(Cc1cncc2ccccc12)C1CCNC1. The van der Waals surface area contributed by atoms with Gasteiger partial charge in [-0.1, -0.05) is 31.2 Å². The highest BCUT2D eigenvalue weighted by Crippen LogP contribution is 2.20. The molecule has 3 nitrogen and oxygen atoms in total. The molecule has 0 amide bonds. The zero-order valence-corrected chi connectivity index (χ0v) is 11.5. The number of fused-ring (bicyclic) bond motifs is 1. The first kappa shape index (κ1) is 12.6. The van der Waals surface area contributed by atoms with Crippen LogP contribution < -0.4 is 5.32 Å². The second kappa shape index (κ2) is 5.68. The lowest BCUT2D eigenvalue weighted by atomic mass is 10.1. The predicted octanol–water partition coefficient (Wildman–Crippen LogP) is 2.42. The second-order valence-electron chi connectivity index (χ2n) is 5.23. The predicted molar refractivity (Wildman–Crippen MR) is 79.1 cm³/mol. The van der Waals surface area contributed by atoms with Gasteiger partial charge in [0.15, 0.2) is 0 Å². The monoisotopic (exact) mass is 255 g/mol. The van der Waals surface area contributed by atoms with E-state index in [0.29, 0.717) is 6.04 Å². The van der Waals surface area contributed by atoms with Crippen molar-refractivity contribution in [2.75, 3.05) is 19.6 Å². The number of pyridine rings is 1. The third-order valence-electron chi connectivity index (χ3n) is 4.08. The Labute approximate surface area is 114 Å². The third-order valence-corrected chi connectivity index (χ3v) is 4.08. The number of rotatable bonds is 4. The Morgan fingerprint density at radius 1 is 1.32 bits per heavy atom. The Balaban J connectivity index is 1.87. The summed E-state index contributed by atoms with van der Waals surface area (Å²) in [4.78, 5) is 6.94. The van der Waals surface area contributed by atoms with E-state index in [1.807, 2.05) is 12.4 Å². The molecule has 19 heavy (non-hydrogen) atoms. The van der Waals surface area contributed by atoms with Crippen LogP contribution in [-0.4, -0.2) is 35.6 Å². The Hall–Kier alpha value is -1.45. The number of benzene rings is 1. The van der Waals surface area contributed by atoms with Gasteiger partial charge in [-0.15, -0.1) is 0 Å². The molecule has 0 radical (unpaired) electrons. The molecule has 1 N–H and O–H groups in total. The fourth-order valence-corrected chi connectivity index (χ4v) is 2.97. The first-order valence-electron chi connectivity index (χ1n) is 7.15. The van der Waals surface area contributed by atoms with E-state index in [0.717, 1.165) is 26.2 Å². The molecule has 1 aliphatic rings. The van der Waals surface area contributed by atoms with Crippen LogP contribution in [0.4, 0.5) is 0 Å². The van der Waals surface area contributed by atoms with E-state index in [2.05, 4.69) is 46.4 Å². The number of nitrogens with zero attached hydrogens (tertiary/aromatic N) is 2. The van der Waals surface area contributed by atoms with Crippen molar-refractivity contribution in [3.63, 3.8) is 0 Å². The van der Waals surface area contributed by atoms with Crippen molar-refractivity contribution in [3.8, 4) is 0 Å². The fourth-order valence-electron chi connectivity index (χ4n) is 2.97. The zero-order chi connectivity index (χ0) is 13.1. The van der Waals surface area contributed by atoms with Gasteiger partial charge in [0.2, 0.25) is 0 Å². The summed E-state index contributed by atoms with van der Waals surface area (Å²) >= 11 is 0. The van der Waals surface area contributed by atoms with Gasteiger partial charge < -0.3 is 5.32 Å². The van der Waals surface area contributed by atoms with E-state index in [4.69, 9.17) is 0 Å². The Kier molecular flexibility index (Phi) is 3.76. The number of aromatic nitrogens is 1. The van der Waals surface area contributed by atoms with E-state index in [1.165, 1.54) is 22.8 Å². The van der Waals surface area contributed by atoms with Gasteiger partial charge in [-0.25, -0.2) is 0 Å². The summed E-state index contributed by atoms with van der Waals surface area (Å²) < 4.78 is 0. The van der Waals surface area contributed by atoms with E-state index < -0.39 is 0 Å². The molecule has 1 aliphatic heterocycles. The zero-order valence-electron chi connectivity index (χ0n) is 11.5. The quantitative estimate of drug-likeness (QED) is 0.909. The molecule has 0 aliphatic carbocycles. The molecule has 1 saturated heterocycles. The lowest BCUT2D eigenvalue weighted by Gasteiger charge is -2.27. The summed E-state index contributed by atoms with van der Waals surface area (Å²) in [5, 5.41) is 6.02. The molecular formula is C16H21N3. The highest BCUT2D eigenvalue weighted by atomic mass is 15.2. The largest absolute Gasteiger partial charge is 0.315 e. The van der Waals surface area contributed by atoms with Gasteiger partial charge >= 0.3 is 0 Å². The fraction of sp³-hybridized carbons (Fsp3) is 0.438. The van der Waals surface area contributed by atoms with Crippen molar-refractivity contribution < 1.29 is 0 Å². The van der Waals surface area contributed by atoms with Crippen molar-refractivity contribution in [2.24, 2.45) is 0 Å². The minimum absolute atomic E-state index is 0.670. The van der Waals surface area contributed by atoms with Crippen molar-refractivity contribution in [2.45, 2.75) is 25.9 Å². The van der Waals surface area contributed by atoms with Gasteiger partial charge in [0, 0.05) is 36.9 Å². The second-order valence-corrected chi connectivity index (χ2v) is 5.23. The van der Waals surface area contributed by atoms with Gasteiger partial charge in [0.05, 0.1) is 0 Å². The van der Waals surface area contributed by atoms with E-state index in [1.54, 1.807) is 0 Å². The molecule has 2 aromatic rings. The van der Waals surface area contributed by atoms with Gasteiger partial charge in [-0.2, -0.15) is 0 Å². The van der Waals surface area contributed by atoms with Gasteiger partial charge in [0.1, 0.15) is 0 Å². The number of hydrogen-bond donors (Lipinski definition) is 1. The van der Waals surface area contributed by atoms with Crippen LogP contribution in [0, 0.1) is 0 Å². The molecule has 1 aromatic carbocycles. The van der Waals surface area contributed by atoms with Crippen LogP contribution in [0.5, 0.6) is 0 Å². The molecule has 1 atom stereocenters. The summed E-state index contributed by atoms with van der Waals surface area (Å²) in [6, 6.07) is 9.20. The first-order chi connectivity index (χ1) is 9.38. The summed E-state index contributed by atoms with van der Waals surface area (Å²) in [7, 11) is 0. The van der Waals surface area contributed by atoms with Gasteiger partial charge in [-0.05, 0) is 30.5 Å².